The minimum Gasteiger partial charge on any atom is -0.507 e. The normalized spacial score (nSPS) is 11.3. The summed E-state index contributed by atoms with van der Waals surface area (Å²) in [4.78, 5) is 4.31. The van der Waals surface area contributed by atoms with E-state index in [1.165, 1.54) is 0 Å². The molecule has 3 aromatic rings. The van der Waals surface area contributed by atoms with Crippen molar-refractivity contribution in [2.24, 2.45) is 4.99 Å². The number of rotatable bonds is 2. The molecule has 0 saturated carbocycles. The molecular weight excluding hydrogens is 262 g/mol. The van der Waals surface area contributed by atoms with Crippen LogP contribution in [0, 0.1) is 6.92 Å². The van der Waals surface area contributed by atoms with Crippen molar-refractivity contribution in [2.45, 2.75) is 6.92 Å². The molecule has 0 bridgehead atoms. The fourth-order valence-corrected chi connectivity index (χ4v) is 2.29. The molecule has 3 aromatic carbocycles. The lowest BCUT2D eigenvalue weighted by atomic mass is 10.0. The SMILES string of the molecule is Cc1ccc(O)c(N=Cc2c(O)ccc3ccccc23)c1. The van der Waals surface area contributed by atoms with Crippen LogP contribution in [0.2, 0.25) is 0 Å². The molecule has 0 aromatic heterocycles. The molecule has 0 atom stereocenters. The van der Waals surface area contributed by atoms with Crippen LogP contribution in [0.1, 0.15) is 11.1 Å². The van der Waals surface area contributed by atoms with E-state index in [0.717, 1.165) is 16.3 Å². The van der Waals surface area contributed by atoms with E-state index in [2.05, 4.69) is 4.99 Å². The van der Waals surface area contributed by atoms with E-state index in [0.29, 0.717) is 11.3 Å². The monoisotopic (exact) mass is 277 g/mol. The van der Waals surface area contributed by atoms with E-state index in [4.69, 9.17) is 0 Å². The van der Waals surface area contributed by atoms with Crippen LogP contribution in [-0.4, -0.2) is 16.4 Å². The second-order valence-electron chi connectivity index (χ2n) is 4.97. The molecule has 0 unspecified atom stereocenters. The molecule has 0 radical (unpaired) electrons. The minimum absolute atomic E-state index is 0.122. The van der Waals surface area contributed by atoms with E-state index in [9.17, 15) is 10.2 Å². The third kappa shape index (κ3) is 2.58. The third-order valence-electron chi connectivity index (χ3n) is 3.41. The van der Waals surface area contributed by atoms with Crippen LogP contribution >= 0.6 is 0 Å². The zero-order valence-electron chi connectivity index (χ0n) is 11.6. The maximum Gasteiger partial charge on any atom is 0.141 e. The number of fused-ring (bicyclic) bond motifs is 1. The van der Waals surface area contributed by atoms with Gasteiger partial charge in [-0.05, 0) is 41.5 Å². The summed E-state index contributed by atoms with van der Waals surface area (Å²) in [6.45, 7) is 1.94. The number of aliphatic imine (C=N–C) groups is 1. The third-order valence-corrected chi connectivity index (χ3v) is 3.41. The lowest BCUT2D eigenvalue weighted by molar-refractivity contribution is 0.474. The molecule has 0 fully saturated rings. The molecule has 0 amide bonds. The highest BCUT2D eigenvalue weighted by Gasteiger charge is 2.05. The first kappa shape index (κ1) is 13.2. The summed E-state index contributed by atoms with van der Waals surface area (Å²) >= 11 is 0. The number of nitrogens with zero attached hydrogens (tertiary/aromatic N) is 1. The Balaban J connectivity index is 2.11. The topological polar surface area (TPSA) is 52.8 Å². The fourth-order valence-electron chi connectivity index (χ4n) is 2.29. The summed E-state index contributed by atoms with van der Waals surface area (Å²) in [5, 5.41) is 21.8. The first-order chi connectivity index (χ1) is 10.1. The molecule has 21 heavy (non-hydrogen) atoms. The van der Waals surface area contributed by atoms with Crippen LogP contribution in [0.3, 0.4) is 0 Å². The van der Waals surface area contributed by atoms with Gasteiger partial charge in [0.25, 0.3) is 0 Å². The molecule has 3 rings (SSSR count). The second-order valence-corrected chi connectivity index (χ2v) is 4.97. The van der Waals surface area contributed by atoms with Crippen LogP contribution in [0.4, 0.5) is 5.69 Å². The molecule has 3 nitrogen and oxygen atoms in total. The van der Waals surface area contributed by atoms with E-state index in [1.807, 2.05) is 43.3 Å². The quantitative estimate of drug-likeness (QED) is 0.686. The van der Waals surface area contributed by atoms with Crippen LogP contribution in [0.25, 0.3) is 10.8 Å². The highest BCUT2D eigenvalue weighted by molar-refractivity contribution is 6.03. The molecular formula is C18H15NO2. The molecule has 0 aliphatic heterocycles. The number of hydrogen-bond acceptors (Lipinski definition) is 3. The lowest BCUT2D eigenvalue weighted by Crippen LogP contribution is -1.86. The standard InChI is InChI=1S/C18H15NO2/c1-12-6-8-18(21)16(10-12)19-11-15-14-5-3-2-4-13(14)7-9-17(15)20/h2-11,20-21H,1H3. The molecule has 0 aliphatic rings. The van der Waals surface area contributed by atoms with E-state index in [-0.39, 0.29) is 11.5 Å². The van der Waals surface area contributed by atoms with Gasteiger partial charge in [-0.2, -0.15) is 0 Å². The zero-order chi connectivity index (χ0) is 14.8. The summed E-state index contributed by atoms with van der Waals surface area (Å²) in [6.07, 6.45) is 1.59. The van der Waals surface area contributed by atoms with Crippen molar-refractivity contribution < 1.29 is 10.2 Å². The average Bonchev–Trinajstić information content (AvgIpc) is 2.49. The Morgan fingerprint density at radius 1 is 0.905 bits per heavy atom. The van der Waals surface area contributed by atoms with Gasteiger partial charge in [-0.1, -0.05) is 36.4 Å². The van der Waals surface area contributed by atoms with Crippen molar-refractivity contribution in [1.82, 2.24) is 0 Å². The fraction of sp³-hybridized carbons (Fsp3) is 0.0556. The number of aryl methyl sites for hydroxylation is 1. The number of phenols is 2. The average molecular weight is 277 g/mol. The first-order valence-electron chi connectivity index (χ1n) is 6.69. The predicted molar refractivity (Wildman–Crippen MR) is 85.7 cm³/mol. The van der Waals surface area contributed by atoms with Gasteiger partial charge >= 0.3 is 0 Å². The Kier molecular flexibility index (Phi) is 3.32. The van der Waals surface area contributed by atoms with Gasteiger partial charge < -0.3 is 10.2 Å². The van der Waals surface area contributed by atoms with Crippen molar-refractivity contribution in [3.8, 4) is 11.5 Å². The Morgan fingerprint density at radius 2 is 1.67 bits per heavy atom. The summed E-state index contributed by atoms with van der Waals surface area (Å²) in [5.74, 6) is 0.293. The number of hydrogen-bond donors (Lipinski definition) is 2. The largest absolute Gasteiger partial charge is 0.507 e. The molecule has 3 heteroatoms. The van der Waals surface area contributed by atoms with Crippen molar-refractivity contribution in [3.05, 3.63) is 65.7 Å². The maximum atomic E-state index is 10.1. The van der Waals surface area contributed by atoms with Gasteiger partial charge in [0.2, 0.25) is 0 Å². The van der Waals surface area contributed by atoms with Crippen molar-refractivity contribution in [2.75, 3.05) is 0 Å². The smallest absolute Gasteiger partial charge is 0.141 e. The molecule has 0 heterocycles. The molecule has 0 spiro atoms. The number of phenolic OH excluding ortho intramolecular Hbond substituents is 2. The zero-order valence-corrected chi connectivity index (χ0v) is 11.6. The van der Waals surface area contributed by atoms with E-state index in [1.54, 1.807) is 24.4 Å². The van der Waals surface area contributed by atoms with Gasteiger partial charge in [0.15, 0.2) is 0 Å². The minimum atomic E-state index is 0.122. The van der Waals surface area contributed by atoms with E-state index < -0.39 is 0 Å². The van der Waals surface area contributed by atoms with Gasteiger partial charge in [-0.3, -0.25) is 4.99 Å². The van der Waals surface area contributed by atoms with Gasteiger partial charge in [-0.25, -0.2) is 0 Å². The van der Waals surface area contributed by atoms with Gasteiger partial charge in [0.05, 0.1) is 0 Å². The Bertz CT molecular complexity index is 838. The summed E-state index contributed by atoms with van der Waals surface area (Å²) < 4.78 is 0. The van der Waals surface area contributed by atoms with Gasteiger partial charge in [-0.15, -0.1) is 0 Å². The molecule has 2 N–H and O–H groups in total. The van der Waals surface area contributed by atoms with Crippen molar-refractivity contribution >= 4 is 22.7 Å². The number of aromatic hydroxyl groups is 2. The first-order valence-corrected chi connectivity index (χ1v) is 6.69. The lowest BCUT2D eigenvalue weighted by Gasteiger charge is -2.05. The highest BCUT2D eigenvalue weighted by Crippen LogP contribution is 2.29. The Labute approximate surface area is 122 Å². The summed E-state index contributed by atoms with van der Waals surface area (Å²) in [7, 11) is 0. The maximum absolute atomic E-state index is 10.1. The number of benzene rings is 3. The van der Waals surface area contributed by atoms with Gasteiger partial charge in [0.1, 0.15) is 17.2 Å². The molecule has 0 saturated heterocycles. The van der Waals surface area contributed by atoms with Crippen LogP contribution in [-0.2, 0) is 0 Å². The highest BCUT2D eigenvalue weighted by atomic mass is 16.3. The van der Waals surface area contributed by atoms with Crippen molar-refractivity contribution in [1.29, 1.82) is 0 Å². The van der Waals surface area contributed by atoms with Crippen LogP contribution in [0.5, 0.6) is 11.5 Å². The second kappa shape index (κ2) is 5.29. The molecule has 0 aliphatic carbocycles. The Morgan fingerprint density at radius 3 is 2.52 bits per heavy atom. The van der Waals surface area contributed by atoms with Crippen molar-refractivity contribution in [3.63, 3.8) is 0 Å². The van der Waals surface area contributed by atoms with E-state index >= 15 is 0 Å². The van der Waals surface area contributed by atoms with Crippen LogP contribution < -0.4 is 0 Å². The predicted octanol–water partition coefficient (Wildman–Crippen LogP) is 4.31. The summed E-state index contributed by atoms with van der Waals surface area (Å²) in [6, 6.07) is 16.5. The van der Waals surface area contributed by atoms with Gasteiger partial charge in [0, 0.05) is 11.8 Å². The van der Waals surface area contributed by atoms with Crippen LogP contribution in [0.15, 0.2) is 59.6 Å². The Hall–Kier alpha value is -2.81. The summed E-state index contributed by atoms with van der Waals surface area (Å²) in [5.41, 5.74) is 2.15. The molecule has 104 valence electrons.